The van der Waals surface area contributed by atoms with Gasteiger partial charge >= 0.3 is 23.8 Å². The molecule has 17 nitrogen and oxygen atoms in total. The van der Waals surface area contributed by atoms with E-state index in [1.807, 2.05) is 13.8 Å². The first kappa shape index (κ1) is 37.4. The van der Waals surface area contributed by atoms with Crippen LogP contribution in [-0.2, 0) is 20.8 Å². The number of H-pyrrole nitrogens is 1. The second kappa shape index (κ2) is 16.1. The van der Waals surface area contributed by atoms with Gasteiger partial charge in [-0.15, -0.1) is 5.10 Å². The zero-order valence-electron chi connectivity index (χ0n) is 29.2. The summed E-state index contributed by atoms with van der Waals surface area (Å²) < 4.78 is 1.34. The number of aromatic nitrogens is 5. The van der Waals surface area contributed by atoms with Crippen LogP contribution in [0.1, 0.15) is 36.3 Å². The van der Waals surface area contributed by atoms with E-state index in [1.54, 1.807) is 54.6 Å². The molecule has 5 amide bonds. The minimum atomic E-state index is -1.17. The highest BCUT2D eigenvalue weighted by atomic mass is 35.5. The minimum Gasteiger partial charge on any atom is -0.477 e. The SMILES string of the molecule is CC[C@H](C)[C@@H](CO)NC(=O)Nc1ccc(CC(C(=O)Nc2ccc3[nH]c(C(=O)O)cc3c2)N2CCN(c3cc(Cl)ccc3-n3cnnn3)C(=O)C2=O)cc1. The molecule has 2 aromatic heterocycles. The summed E-state index contributed by atoms with van der Waals surface area (Å²) in [4.78, 5) is 71.2. The van der Waals surface area contributed by atoms with Gasteiger partial charge in [-0.25, -0.2) is 9.59 Å². The summed E-state index contributed by atoms with van der Waals surface area (Å²) in [6, 6.07) is 15.6. The Morgan fingerprint density at radius 2 is 1.70 bits per heavy atom. The van der Waals surface area contributed by atoms with Gasteiger partial charge in [-0.2, -0.15) is 4.68 Å². The maximum absolute atomic E-state index is 14.1. The molecule has 1 saturated heterocycles. The number of tetrazole rings is 1. The summed E-state index contributed by atoms with van der Waals surface area (Å²) in [6.07, 6.45) is 2.11. The molecule has 5 aromatic rings. The van der Waals surface area contributed by atoms with Gasteiger partial charge in [0.25, 0.3) is 0 Å². The smallest absolute Gasteiger partial charge is 0.352 e. The fourth-order valence-corrected chi connectivity index (χ4v) is 6.35. The van der Waals surface area contributed by atoms with Crippen LogP contribution in [0.15, 0.2) is 73.1 Å². The van der Waals surface area contributed by atoms with Gasteiger partial charge in [0.1, 0.15) is 18.1 Å². The van der Waals surface area contributed by atoms with Crippen molar-refractivity contribution >= 4 is 69.3 Å². The van der Waals surface area contributed by atoms with Crippen LogP contribution in [0.2, 0.25) is 5.02 Å². The number of hydrogen-bond donors (Lipinski definition) is 6. The first-order valence-corrected chi connectivity index (χ1v) is 17.4. The number of fused-ring (bicyclic) bond motifs is 1. The zero-order chi connectivity index (χ0) is 38.5. The number of anilines is 3. The number of urea groups is 1. The van der Waals surface area contributed by atoms with E-state index in [1.165, 1.54) is 32.9 Å². The van der Waals surface area contributed by atoms with Gasteiger partial charge in [0.2, 0.25) is 5.91 Å². The Hall–Kier alpha value is -6.33. The van der Waals surface area contributed by atoms with Crippen LogP contribution in [0, 0.1) is 5.92 Å². The standard InChI is InChI=1S/C36H37ClN10O7/c1-3-20(2)28(18-48)42-36(54)40-24-7-4-21(5-8-24)14-31(32(49)39-25-9-10-26-22(15-25)16-27(41-26)35(52)53)46-13-12-45(33(50)34(46)51)30-17-23(37)6-11-29(30)47-19-38-43-44-47/h4-11,15-17,19-20,28,31,41,48H,3,12-14,18H2,1-2H3,(H,39,49)(H,52,53)(H2,40,42,54)/t20-,28+,31?/m0/s1. The molecule has 1 unspecified atom stereocenters. The van der Waals surface area contributed by atoms with Crippen molar-refractivity contribution in [2.24, 2.45) is 5.92 Å². The number of aliphatic hydroxyl groups excluding tert-OH is 1. The Morgan fingerprint density at radius 1 is 0.944 bits per heavy atom. The normalized spacial score (nSPS) is 14.8. The third-order valence-electron chi connectivity index (χ3n) is 9.36. The van der Waals surface area contributed by atoms with Gasteiger partial charge in [0.15, 0.2) is 0 Å². The molecule has 6 N–H and O–H groups in total. The number of rotatable bonds is 13. The lowest BCUT2D eigenvalue weighted by Gasteiger charge is -2.38. The summed E-state index contributed by atoms with van der Waals surface area (Å²) in [6.45, 7) is 3.68. The van der Waals surface area contributed by atoms with E-state index in [-0.39, 0.29) is 37.7 Å². The third kappa shape index (κ3) is 8.16. The number of nitrogens with one attached hydrogen (secondary N) is 4. The molecular weight excluding hydrogens is 720 g/mol. The molecule has 280 valence electrons. The molecule has 1 aliphatic heterocycles. The van der Waals surface area contributed by atoms with Crippen LogP contribution in [0.25, 0.3) is 16.6 Å². The number of carbonyl (C=O) groups excluding carboxylic acids is 4. The Morgan fingerprint density at radius 3 is 2.39 bits per heavy atom. The lowest BCUT2D eigenvalue weighted by molar-refractivity contribution is -0.149. The Kier molecular flexibility index (Phi) is 11.2. The van der Waals surface area contributed by atoms with Crippen molar-refractivity contribution < 1.29 is 34.2 Å². The van der Waals surface area contributed by atoms with Crippen LogP contribution in [0.5, 0.6) is 0 Å². The lowest BCUT2D eigenvalue weighted by Crippen LogP contribution is -2.60. The van der Waals surface area contributed by atoms with Crippen LogP contribution < -0.4 is 20.9 Å². The van der Waals surface area contributed by atoms with Crippen molar-refractivity contribution in [3.63, 3.8) is 0 Å². The maximum Gasteiger partial charge on any atom is 0.352 e. The quantitative estimate of drug-likeness (QED) is 0.0959. The highest BCUT2D eigenvalue weighted by Crippen LogP contribution is 2.30. The number of nitrogens with zero attached hydrogens (tertiary/aromatic N) is 6. The van der Waals surface area contributed by atoms with E-state index in [0.717, 1.165) is 6.42 Å². The van der Waals surface area contributed by atoms with Crippen molar-refractivity contribution in [3.05, 3.63) is 89.3 Å². The number of hydrogen-bond acceptors (Lipinski definition) is 9. The average Bonchev–Trinajstić information content (AvgIpc) is 3.85. The lowest BCUT2D eigenvalue weighted by atomic mass is 10.0. The topological polar surface area (TPSA) is 228 Å². The Labute approximate surface area is 313 Å². The largest absolute Gasteiger partial charge is 0.477 e. The van der Waals surface area contributed by atoms with Crippen LogP contribution in [0.4, 0.5) is 21.9 Å². The number of aromatic carboxylic acids is 1. The number of benzene rings is 3. The molecule has 0 radical (unpaired) electrons. The van der Waals surface area contributed by atoms with Crippen molar-refractivity contribution in [1.29, 1.82) is 0 Å². The molecule has 3 heterocycles. The number of carbonyl (C=O) groups is 5. The van der Waals surface area contributed by atoms with Crippen molar-refractivity contribution in [3.8, 4) is 5.69 Å². The second-order valence-corrected chi connectivity index (χ2v) is 13.2. The Bertz CT molecular complexity index is 2190. The minimum absolute atomic E-state index is 0.000529. The van der Waals surface area contributed by atoms with Gasteiger partial charge in [0, 0.05) is 46.8 Å². The third-order valence-corrected chi connectivity index (χ3v) is 9.60. The van der Waals surface area contributed by atoms with Crippen molar-refractivity contribution in [2.45, 2.75) is 38.8 Å². The van der Waals surface area contributed by atoms with E-state index in [4.69, 9.17) is 11.6 Å². The molecular formula is C36H37ClN10O7. The molecule has 0 bridgehead atoms. The maximum atomic E-state index is 14.1. The summed E-state index contributed by atoms with van der Waals surface area (Å²) in [7, 11) is 0. The zero-order valence-corrected chi connectivity index (χ0v) is 29.9. The average molecular weight is 757 g/mol. The molecule has 3 aromatic carbocycles. The molecule has 18 heteroatoms. The molecule has 0 saturated carbocycles. The molecule has 0 spiro atoms. The number of halogens is 1. The fraction of sp³-hybridized carbons (Fsp3) is 0.278. The summed E-state index contributed by atoms with van der Waals surface area (Å²) in [5, 5.41) is 39.5. The number of carboxylic acids is 1. The predicted octanol–water partition coefficient (Wildman–Crippen LogP) is 3.45. The van der Waals surface area contributed by atoms with E-state index in [2.05, 4.69) is 36.5 Å². The molecule has 1 fully saturated rings. The van der Waals surface area contributed by atoms with E-state index >= 15 is 0 Å². The molecule has 54 heavy (non-hydrogen) atoms. The summed E-state index contributed by atoms with van der Waals surface area (Å²) in [5.74, 6) is -3.48. The molecule has 0 aliphatic carbocycles. The van der Waals surface area contributed by atoms with Crippen molar-refractivity contribution in [2.75, 3.05) is 35.2 Å². The number of aliphatic hydroxyl groups is 1. The van der Waals surface area contributed by atoms with E-state index in [0.29, 0.717) is 44.2 Å². The molecule has 6 rings (SSSR count). The first-order valence-electron chi connectivity index (χ1n) is 17.0. The monoisotopic (exact) mass is 756 g/mol. The number of aromatic amines is 1. The summed E-state index contributed by atoms with van der Waals surface area (Å²) in [5.41, 5.74) is 2.67. The second-order valence-electron chi connectivity index (χ2n) is 12.8. The summed E-state index contributed by atoms with van der Waals surface area (Å²) >= 11 is 6.29. The van der Waals surface area contributed by atoms with Gasteiger partial charge in [-0.05, 0) is 76.5 Å². The highest BCUT2D eigenvalue weighted by molar-refractivity contribution is 6.41. The van der Waals surface area contributed by atoms with E-state index in [9.17, 15) is 34.2 Å². The first-order chi connectivity index (χ1) is 25.9. The molecule has 1 aliphatic rings. The van der Waals surface area contributed by atoms with Gasteiger partial charge in [-0.1, -0.05) is 44.0 Å². The van der Waals surface area contributed by atoms with Crippen molar-refractivity contribution in [1.82, 2.24) is 35.4 Å². The highest BCUT2D eigenvalue weighted by Gasteiger charge is 2.40. The van der Waals surface area contributed by atoms with Gasteiger partial charge in [-0.3, -0.25) is 14.4 Å². The van der Waals surface area contributed by atoms with Gasteiger partial charge in [0.05, 0.1) is 24.0 Å². The van der Waals surface area contributed by atoms with Crippen LogP contribution >= 0.6 is 11.6 Å². The number of piperazine rings is 1. The predicted molar refractivity (Wildman–Crippen MR) is 199 cm³/mol. The van der Waals surface area contributed by atoms with E-state index < -0.39 is 41.8 Å². The Balaban J connectivity index is 1.25. The fourth-order valence-electron chi connectivity index (χ4n) is 6.19. The van der Waals surface area contributed by atoms with Gasteiger partial charge < -0.3 is 40.9 Å². The molecule has 3 atom stereocenters. The number of carboxylic acid groups (broad SMARTS) is 1. The van der Waals surface area contributed by atoms with Crippen LogP contribution in [0.3, 0.4) is 0 Å². The van der Waals surface area contributed by atoms with Crippen LogP contribution in [-0.4, -0.2) is 102 Å². The number of amides is 5.